The number of hydrogen-bond donors (Lipinski definition) is 0. The normalized spacial score (nSPS) is 6.90. The van der Waals surface area contributed by atoms with E-state index in [0.717, 1.165) is 0 Å². The minimum atomic E-state index is -0.337. The molecule has 0 aliphatic carbocycles. The summed E-state index contributed by atoms with van der Waals surface area (Å²) in [4.78, 5) is 0. The first-order chi connectivity index (χ1) is 4.83. The van der Waals surface area contributed by atoms with Crippen LogP contribution >= 0.6 is 0 Å². The first kappa shape index (κ1) is 16.2. The molecular formula is C9H19F. The van der Waals surface area contributed by atoms with Crippen LogP contribution in [0.3, 0.4) is 0 Å². The lowest BCUT2D eigenvalue weighted by atomic mass is 10.6. The van der Waals surface area contributed by atoms with E-state index < -0.39 is 0 Å². The van der Waals surface area contributed by atoms with Crippen molar-refractivity contribution in [2.24, 2.45) is 0 Å². The largest absolute Gasteiger partial charge is 0.247 e. The fourth-order valence-electron chi connectivity index (χ4n) is 0.0891. The van der Waals surface area contributed by atoms with Crippen molar-refractivity contribution in [3.8, 4) is 0 Å². The minimum absolute atomic E-state index is 0.337. The van der Waals surface area contributed by atoms with E-state index in [0.29, 0.717) is 0 Å². The maximum absolute atomic E-state index is 10.9. The third-order valence-corrected chi connectivity index (χ3v) is 0.325. The minimum Gasteiger partial charge on any atom is -0.247 e. The Labute approximate surface area is 64.5 Å². The molecule has 0 aromatic rings. The summed E-state index contributed by atoms with van der Waals surface area (Å²) in [6.07, 6.45) is 4.89. The third kappa shape index (κ3) is 153. The zero-order valence-corrected chi connectivity index (χ0v) is 7.52. The van der Waals surface area contributed by atoms with E-state index in [9.17, 15) is 4.39 Å². The van der Waals surface area contributed by atoms with Gasteiger partial charge in [0, 0.05) is 0 Å². The van der Waals surface area contributed by atoms with Gasteiger partial charge in [-0.05, 0) is 13.8 Å². The highest BCUT2D eigenvalue weighted by Gasteiger charge is 1.56. The van der Waals surface area contributed by atoms with Crippen molar-refractivity contribution in [3.05, 3.63) is 24.8 Å². The molecule has 0 amide bonds. The maximum atomic E-state index is 10.9. The molecule has 0 aliphatic rings. The van der Waals surface area contributed by atoms with E-state index in [1.807, 2.05) is 20.8 Å². The molecule has 0 nitrogen and oxygen atoms in total. The second kappa shape index (κ2) is 39.7. The van der Waals surface area contributed by atoms with E-state index in [2.05, 4.69) is 6.58 Å². The van der Waals surface area contributed by atoms with E-state index in [-0.39, 0.29) is 6.67 Å². The average Bonchev–Trinajstić information content (AvgIpc) is 1.96. The summed E-state index contributed by atoms with van der Waals surface area (Å²) in [7, 11) is 0. The third-order valence-electron chi connectivity index (χ3n) is 0.325. The van der Waals surface area contributed by atoms with Crippen molar-refractivity contribution in [2.75, 3.05) is 6.67 Å². The first-order valence-corrected chi connectivity index (χ1v) is 3.57. The van der Waals surface area contributed by atoms with Crippen LogP contribution in [0.1, 0.15) is 27.7 Å². The van der Waals surface area contributed by atoms with Gasteiger partial charge in [-0.1, -0.05) is 32.1 Å². The molecule has 0 aromatic carbocycles. The molecule has 62 valence electrons. The monoisotopic (exact) mass is 146 g/mol. The van der Waals surface area contributed by atoms with E-state index in [4.69, 9.17) is 0 Å². The fraction of sp³-hybridized carbons (Fsp3) is 0.556. The highest BCUT2D eigenvalue weighted by atomic mass is 19.1. The van der Waals surface area contributed by atoms with Crippen LogP contribution in [0.15, 0.2) is 24.8 Å². The van der Waals surface area contributed by atoms with Gasteiger partial charge >= 0.3 is 0 Å². The lowest BCUT2D eigenvalue weighted by Gasteiger charge is -1.62. The Morgan fingerprint density at radius 2 is 1.60 bits per heavy atom. The predicted molar refractivity (Wildman–Crippen MR) is 48.0 cm³/mol. The van der Waals surface area contributed by atoms with Gasteiger partial charge in [0.05, 0.1) is 0 Å². The van der Waals surface area contributed by atoms with Gasteiger partial charge in [-0.15, -0.1) is 6.58 Å². The molecule has 0 rings (SSSR count). The fourth-order valence-corrected chi connectivity index (χ4v) is 0.0891. The van der Waals surface area contributed by atoms with Crippen molar-refractivity contribution in [2.45, 2.75) is 27.7 Å². The molecule has 0 unspecified atom stereocenters. The van der Waals surface area contributed by atoms with Gasteiger partial charge in [0.15, 0.2) is 0 Å². The quantitative estimate of drug-likeness (QED) is 0.494. The molecule has 0 radical (unpaired) electrons. The second-order valence-electron chi connectivity index (χ2n) is 1.13. The molecule has 0 saturated carbocycles. The number of rotatable bonds is 1. The van der Waals surface area contributed by atoms with Crippen molar-refractivity contribution in [1.82, 2.24) is 0 Å². The zero-order valence-electron chi connectivity index (χ0n) is 7.52. The molecule has 0 fully saturated rings. The molecule has 0 aliphatic heterocycles. The number of halogens is 1. The molecule has 0 bridgehead atoms. The number of hydrogen-bond acceptors (Lipinski definition) is 0. The van der Waals surface area contributed by atoms with Crippen LogP contribution in [-0.2, 0) is 0 Å². The molecule has 0 spiro atoms. The number of allylic oxidation sites excluding steroid dienone is 3. The van der Waals surface area contributed by atoms with Crippen LogP contribution in [0.25, 0.3) is 0 Å². The Hall–Kier alpha value is -0.590. The number of alkyl halides is 1. The van der Waals surface area contributed by atoms with Crippen molar-refractivity contribution >= 4 is 0 Å². The van der Waals surface area contributed by atoms with Crippen LogP contribution in [0.4, 0.5) is 4.39 Å². The molecular weight excluding hydrogens is 127 g/mol. The first-order valence-electron chi connectivity index (χ1n) is 3.57. The van der Waals surface area contributed by atoms with Gasteiger partial charge in [-0.3, -0.25) is 0 Å². The standard InChI is InChI=1S/C4H7F.C3H6.C2H6/c1-2-3-4-5;1-3-2;1-2/h2-3H,4H2,1H3;3H,1H2,2H3;1-2H3/b3-2-;;. The Morgan fingerprint density at radius 1 is 1.30 bits per heavy atom. The Balaban J connectivity index is -0.0000000847. The topological polar surface area (TPSA) is 0 Å². The summed E-state index contributed by atoms with van der Waals surface area (Å²) in [6, 6.07) is 0. The highest BCUT2D eigenvalue weighted by Crippen LogP contribution is 1.67. The van der Waals surface area contributed by atoms with Gasteiger partial charge < -0.3 is 0 Å². The van der Waals surface area contributed by atoms with Crippen LogP contribution in [0.5, 0.6) is 0 Å². The van der Waals surface area contributed by atoms with Crippen LogP contribution in [-0.4, -0.2) is 6.67 Å². The highest BCUT2D eigenvalue weighted by molar-refractivity contribution is 4.74. The van der Waals surface area contributed by atoms with Crippen molar-refractivity contribution in [1.29, 1.82) is 0 Å². The molecule has 0 heterocycles. The van der Waals surface area contributed by atoms with Crippen molar-refractivity contribution in [3.63, 3.8) is 0 Å². The Bertz CT molecular complexity index is 55.7. The molecule has 0 atom stereocenters. The Kier molecular flexibility index (Phi) is 64.3. The maximum Gasteiger partial charge on any atom is 0.108 e. The van der Waals surface area contributed by atoms with Crippen LogP contribution in [0.2, 0.25) is 0 Å². The molecule has 1 heteroatoms. The van der Waals surface area contributed by atoms with Crippen molar-refractivity contribution < 1.29 is 4.39 Å². The summed E-state index contributed by atoms with van der Waals surface area (Å²) in [5.41, 5.74) is 0. The average molecular weight is 146 g/mol. The summed E-state index contributed by atoms with van der Waals surface area (Å²) in [5.74, 6) is 0. The van der Waals surface area contributed by atoms with Crippen LogP contribution < -0.4 is 0 Å². The van der Waals surface area contributed by atoms with E-state index in [1.165, 1.54) is 6.08 Å². The summed E-state index contributed by atoms with van der Waals surface area (Å²) in [5, 5.41) is 0. The molecule has 0 N–H and O–H groups in total. The van der Waals surface area contributed by atoms with Gasteiger partial charge in [0.2, 0.25) is 0 Å². The smallest absolute Gasteiger partial charge is 0.108 e. The summed E-state index contributed by atoms with van der Waals surface area (Å²) < 4.78 is 10.9. The van der Waals surface area contributed by atoms with Crippen LogP contribution in [0, 0.1) is 0 Å². The summed E-state index contributed by atoms with van der Waals surface area (Å²) in [6.45, 7) is 10.7. The molecule has 10 heavy (non-hydrogen) atoms. The van der Waals surface area contributed by atoms with Gasteiger partial charge in [-0.25, -0.2) is 4.39 Å². The SMILES string of the molecule is C/C=C\CF.C=CC.CC. The van der Waals surface area contributed by atoms with E-state index >= 15 is 0 Å². The zero-order chi connectivity index (χ0) is 8.83. The molecule has 0 saturated heterocycles. The van der Waals surface area contributed by atoms with Gasteiger partial charge in [0.1, 0.15) is 6.67 Å². The Morgan fingerprint density at radius 3 is 1.60 bits per heavy atom. The van der Waals surface area contributed by atoms with Gasteiger partial charge in [0.25, 0.3) is 0 Å². The summed E-state index contributed by atoms with van der Waals surface area (Å²) >= 11 is 0. The molecule has 0 aromatic heterocycles. The lowest BCUT2D eigenvalue weighted by Crippen LogP contribution is -1.53. The predicted octanol–water partition coefficient (Wildman–Crippen LogP) is 3.75. The second-order valence-corrected chi connectivity index (χ2v) is 1.13. The lowest BCUT2D eigenvalue weighted by molar-refractivity contribution is 0.561. The van der Waals surface area contributed by atoms with Gasteiger partial charge in [-0.2, -0.15) is 0 Å². The van der Waals surface area contributed by atoms with E-state index in [1.54, 1.807) is 19.1 Å².